The molecule has 0 spiro atoms. The SMILES string of the molecule is CCc1ccccc1NC(=O)c1cn(C)c2c(=O)n(-c3ccccc3)c(=O)[nH]c12. The average Bonchev–Trinajstić information content (AvgIpc) is 3.05. The monoisotopic (exact) mass is 388 g/mol. The van der Waals surface area contributed by atoms with Crippen LogP contribution in [0.3, 0.4) is 0 Å². The van der Waals surface area contributed by atoms with Gasteiger partial charge in [-0.1, -0.05) is 43.3 Å². The highest BCUT2D eigenvalue weighted by Gasteiger charge is 2.20. The number of carbonyl (C=O) groups is 1. The number of anilines is 1. The van der Waals surface area contributed by atoms with E-state index in [0.29, 0.717) is 11.4 Å². The molecule has 2 heterocycles. The number of aromatic amines is 1. The summed E-state index contributed by atoms with van der Waals surface area (Å²) in [5, 5.41) is 2.89. The lowest BCUT2D eigenvalue weighted by Crippen LogP contribution is -2.34. The highest BCUT2D eigenvalue weighted by molar-refractivity contribution is 6.12. The van der Waals surface area contributed by atoms with Crippen molar-refractivity contribution < 1.29 is 4.79 Å². The molecule has 0 aliphatic rings. The van der Waals surface area contributed by atoms with Crippen LogP contribution >= 0.6 is 0 Å². The first-order chi connectivity index (χ1) is 14.0. The molecule has 4 rings (SSSR count). The summed E-state index contributed by atoms with van der Waals surface area (Å²) in [6, 6.07) is 16.2. The number of benzene rings is 2. The molecule has 0 fully saturated rings. The minimum atomic E-state index is -0.595. The Balaban J connectivity index is 1.85. The van der Waals surface area contributed by atoms with Crippen molar-refractivity contribution >= 4 is 22.6 Å². The van der Waals surface area contributed by atoms with Crippen LogP contribution in [0.1, 0.15) is 22.8 Å². The fraction of sp³-hybridized carbons (Fsp3) is 0.136. The van der Waals surface area contributed by atoms with Gasteiger partial charge in [-0.3, -0.25) is 9.59 Å². The summed E-state index contributed by atoms with van der Waals surface area (Å²) in [5.41, 5.74) is 1.81. The number of rotatable bonds is 4. The Hall–Kier alpha value is -3.87. The minimum Gasteiger partial charge on any atom is -0.344 e. The van der Waals surface area contributed by atoms with Gasteiger partial charge in [0.2, 0.25) is 0 Å². The van der Waals surface area contributed by atoms with Crippen molar-refractivity contribution in [1.82, 2.24) is 14.1 Å². The number of H-pyrrole nitrogens is 1. The number of nitrogens with one attached hydrogen (secondary N) is 2. The fourth-order valence-corrected chi connectivity index (χ4v) is 3.50. The van der Waals surface area contributed by atoms with Gasteiger partial charge in [-0.05, 0) is 30.2 Å². The zero-order valence-electron chi connectivity index (χ0n) is 16.1. The molecule has 0 saturated heterocycles. The topological polar surface area (TPSA) is 88.9 Å². The van der Waals surface area contributed by atoms with Gasteiger partial charge in [-0.15, -0.1) is 0 Å². The average molecular weight is 388 g/mol. The number of hydrogen-bond donors (Lipinski definition) is 2. The second kappa shape index (κ2) is 7.27. The first-order valence-corrected chi connectivity index (χ1v) is 9.30. The zero-order valence-corrected chi connectivity index (χ0v) is 16.1. The molecule has 0 aliphatic carbocycles. The lowest BCUT2D eigenvalue weighted by atomic mass is 10.1. The standard InChI is InChI=1S/C22H20N4O3/c1-3-14-9-7-8-12-17(14)23-20(27)16-13-25(2)19-18(16)24-22(29)26(21(19)28)15-10-5-4-6-11-15/h4-13H,3H2,1-2H3,(H,23,27)(H,24,29). The van der Waals surface area contributed by atoms with Crippen LogP contribution in [0.15, 0.2) is 70.4 Å². The van der Waals surface area contributed by atoms with Gasteiger partial charge in [0.1, 0.15) is 5.52 Å². The van der Waals surface area contributed by atoms with E-state index in [1.165, 1.54) is 0 Å². The summed E-state index contributed by atoms with van der Waals surface area (Å²) in [6.07, 6.45) is 2.33. The van der Waals surface area contributed by atoms with Crippen LogP contribution in [0.2, 0.25) is 0 Å². The van der Waals surface area contributed by atoms with E-state index in [1.807, 2.05) is 31.2 Å². The molecule has 7 heteroatoms. The van der Waals surface area contributed by atoms with E-state index in [9.17, 15) is 14.4 Å². The third kappa shape index (κ3) is 3.16. The predicted octanol–water partition coefficient (Wildman–Crippen LogP) is 2.83. The van der Waals surface area contributed by atoms with Gasteiger partial charge in [-0.2, -0.15) is 0 Å². The van der Waals surface area contributed by atoms with Gasteiger partial charge in [0, 0.05) is 18.9 Å². The number of amides is 1. The summed E-state index contributed by atoms with van der Waals surface area (Å²) in [4.78, 5) is 41.4. The minimum absolute atomic E-state index is 0.223. The molecule has 0 bridgehead atoms. The number of carbonyl (C=O) groups excluding carboxylic acids is 1. The van der Waals surface area contributed by atoms with Crippen molar-refractivity contribution in [3.8, 4) is 5.69 Å². The van der Waals surface area contributed by atoms with Gasteiger partial charge in [0.05, 0.1) is 16.8 Å². The van der Waals surface area contributed by atoms with Gasteiger partial charge in [-0.25, -0.2) is 9.36 Å². The second-order valence-corrected chi connectivity index (χ2v) is 6.75. The quantitative estimate of drug-likeness (QED) is 0.563. The summed E-state index contributed by atoms with van der Waals surface area (Å²) in [5.74, 6) is -0.385. The van der Waals surface area contributed by atoms with Crippen LogP contribution in [-0.2, 0) is 13.5 Å². The smallest absolute Gasteiger partial charge is 0.333 e. The van der Waals surface area contributed by atoms with E-state index in [-0.39, 0.29) is 22.5 Å². The zero-order chi connectivity index (χ0) is 20.5. The molecule has 7 nitrogen and oxygen atoms in total. The Morgan fingerprint density at radius 1 is 1.03 bits per heavy atom. The van der Waals surface area contributed by atoms with E-state index in [4.69, 9.17) is 0 Å². The maximum atomic E-state index is 13.1. The molecule has 0 unspecified atom stereocenters. The molecule has 0 saturated carbocycles. The molecule has 2 N–H and O–H groups in total. The molecule has 0 aliphatic heterocycles. The van der Waals surface area contributed by atoms with E-state index in [2.05, 4.69) is 10.3 Å². The van der Waals surface area contributed by atoms with Gasteiger partial charge in [0.15, 0.2) is 0 Å². The Kier molecular flexibility index (Phi) is 4.64. The molecule has 146 valence electrons. The molecular formula is C22H20N4O3. The molecular weight excluding hydrogens is 368 g/mol. The maximum absolute atomic E-state index is 13.1. The predicted molar refractivity (Wildman–Crippen MR) is 113 cm³/mol. The highest BCUT2D eigenvalue weighted by atomic mass is 16.2. The molecule has 0 atom stereocenters. The number of nitrogens with zero attached hydrogens (tertiary/aromatic N) is 2. The van der Waals surface area contributed by atoms with Crippen molar-refractivity contribution in [2.24, 2.45) is 7.05 Å². The highest BCUT2D eigenvalue weighted by Crippen LogP contribution is 2.20. The summed E-state index contributed by atoms with van der Waals surface area (Å²) in [6.45, 7) is 2.01. The summed E-state index contributed by atoms with van der Waals surface area (Å²) in [7, 11) is 1.67. The number of aromatic nitrogens is 3. The lowest BCUT2D eigenvalue weighted by Gasteiger charge is -2.09. The van der Waals surface area contributed by atoms with Crippen LogP contribution in [0.5, 0.6) is 0 Å². The maximum Gasteiger partial charge on any atom is 0.333 e. The first kappa shape index (κ1) is 18.5. The molecule has 4 aromatic rings. The van der Waals surface area contributed by atoms with Crippen LogP contribution in [0.4, 0.5) is 5.69 Å². The van der Waals surface area contributed by atoms with Gasteiger partial charge in [0.25, 0.3) is 11.5 Å². The Bertz CT molecular complexity index is 1330. The van der Waals surface area contributed by atoms with Crippen molar-refractivity contribution in [2.75, 3.05) is 5.32 Å². The summed E-state index contributed by atoms with van der Waals surface area (Å²) >= 11 is 0. The van der Waals surface area contributed by atoms with Crippen LogP contribution in [0, 0.1) is 0 Å². The van der Waals surface area contributed by atoms with E-state index >= 15 is 0 Å². The molecule has 2 aromatic heterocycles. The molecule has 1 amide bonds. The Morgan fingerprint density at radius 2 is 1.72 bits per heavy atom. The molecule has 0 radical (unpaired) electrons. The van der Waals surface area contributed by atoms with E-state index in [0.717, 1.165) is 16.6 Å². The number of hydrogen-bond acceptors (Lipinski definition) is 3. The van der Waals surface area contributed by atoms with Crippen molar-refractivity contribution in [3.63, 3.8) is 0 Å². The lowest BCUT2D eigenvalue weighted by molar-refractivity contribution is 0.102. The number of fused-ring (bicyclic) bond motifs is 1. The van der Waals surface area contributed by atoms with E-state index in [1.54, 1.807) is 48.1 Å². The van der Waals surface area contributed by atoms with Gasteiger partial charge < -0.3 is 14.9 Å². The Labute approximate surface area is 166 Å². The van der Waals surface area contributed by atoms with E-state index < -0.39 is 11.2 Å². The number of para-hydroxylation sites is 2. The van der Waals surface area contributed by atoms with Crippen LogP contribution in [-0.4, -0.2) is 20.0 Å². The third-order valence-electron chi connectivity index (χ3n) is 4.93. The van der Waals surface area contributed by atoms with Crippen molar-refractivity contribution in [2.45, 2.75) is 13.3 Å². The first-order valence-electron chi connectivity index (χ1n) is 9.30. The van der Waals surface area contributed by atoms with Crippen LogP contribution in [0.25, 0.3) is 16.7 Å². The molecule has 29 heavy (non-hydrogen) atoms. The third-order valence-corrected chi connectivity index (χ3v) is 4.93. The summed E-state index contributed by atoms with van der Waals surface area (Å²) < 4.78 is 2.63. The van der Waals surface area contributed by atoms with Crippen molar-refractivity contribution in [3.05, 3.63) is 92.8 Å². The number of aryl methyl sites for hydroxylation is 2. The van der Waals surface area contributed by atoms with Crippen molar-refractivity contribution in [1.29, 1.82) is 0 Å². The van der Waals surface area contributed by atoms with Gasteiger partial charge >= 0.3 is 5.69 Å². The fourth-order valence-electron chi connectivity index (χ4n) is 3.50. The van der Waals surface area contributed by atoms with Crippen LogP contribution < -0.4 is 16.6 Å². The largest absolute Gasteiger partial charge is 0.344 e. The Morgan fingerprint density at radius 3 is 2.45 bits per heavy atom. The second-order valence-electron chi connectivity index (χ2n) is 6.75. The molecule has 2 aromatic carbocycles. The normalized spacial score (nSPS) is 11.0.